The smallest absolute Gasteiger partial charge is 0.367 e. The summed E-state index contributed by atoms with van der Waals surface area (Å²) in [4.78, 5) is 27.8. The topological polar surface area (TPSA) is 56.3 Å². The number of aromatic nitrogens is 1. The van der Waals surface area contributed by atoms with Gasteiger partial charge in [-0.1, -0.05) is 0 Å². The highest BCUT2D eigenvalue weighted by atomic mass is 32.1. The van der Waals surface area contributed by atoms with Crippen LogP contribution in [-0.2, 0) is 11.2 Å². The van der Waals surface area contributed by atoms with Gasteiger partial charge in [0.25, 0.3) is 0 Å². The number of nitrogens with zero attached hydrogens (tertiary/aromatic N) is 1. The van der Waals surface area contributed by atoms with Crippen LogP contribution in [0, 0.1) is 0 Å². The number of carbonyl (C=O) groups is 2. The average molecular weight is 225 g/mol. The lowest BCUT2D eigenvalue weighted by atomic mass is 10.0. The monoisotopic (exact) mass is 225 g/mol. The van der Waals surface area contributed by atoms with Crippen LogP contribution in [0.2, 0.25) is 0 Å². The Kier molecular flexibility index (Phi) is 2.81. The first-order chi connectivity index (χ1) is 7.22. The molecule has 2 rings (SSSR count). The van der Waals surface area contributed by atoms with Crippen molar-refractivity contribution in [3.63, 3.8) is 0 Å². The third kappa shape index (κ3) is 1.92. The SMILES string of the molecule is CCOC(=O)c1nc2c(s1)CCCC2=O. The Balaban J connectivity index is 2.29. The van der Waals surface area contributed by atoms with Crippen LogP contribution in [0.5, 0.6) is 0 Å². The Hall–Kier alpha value is -1.23. The summed E-state index contributed by atoms with van der Waals surface area (Å²) in [7, 11) is 0. The first-order valence-electron chi connectivity index (χ1n) is 4.92. The minimum Gasteiger partial charge on any atom is -0.461 e. The second-order valence-electron chi connectivity index (χ2n) is 3.29. The summed E-state index contributed by atoms with van der Waals surface area (Å²) in [6.45, 7) is 2.08. The van der Waals surface area contributed by atoms with Crippen LogP contribution < -0.4 is 0 Å². The van der Waals surface area contributed by atoms with Gasteiger partial charge in [-0.15, -0.1) is 11.3 Å². The number of ketones is 1. The second-order valence-corrected chi connectivity index (χ2v) is 4.37. The normalized spacial score (nSPS) is 14.9. The summed E-state index contributed by atoms with van der Waals surface area (Å²) in [5.74, 6) is -0.382. The van der Waals surface area contributed by atoms with Gasteiger partial charge in [-0.3, -0.25) is 4.79 Å². The minimum absolute atomic E-state index is 0.0445. The van der Waals surface area contributed by atoms with Crippen LogP contribution in [0.25, 0.3) is 0 Å². The fraction of sp³-hybridized carbons (Fsp3) is 0.500. The molecular formula is C10H11NO3S. The van der Waals surface area contributed by atoms with E-state index in [1.165, 1.54) is 11.3 Å². The lowest BCUT2D eigenvalue weighted by Gasteiger charge is -2.05. The molecular weight excluding hydrogens is 214 g/mol. The molecule has 80 valence electrons. The Morgan fingerprint density at radius 2 is 2.33 bits per heavy atom. The molecule has 1 aliphatic rings. The lowest BCUT2D eigenvalue weighted by molar-refractivity contribution is 0.0526. The van der Waals surface area contributed by atoms with Gasteiger partial charge in [0.15, 0.2) is 5.78 Å². The van der Waals surface area contributed by atoms with Gasteiger partial charge in [0.2, 0.25) is 5.01 Å². The predicted octanol–water partition coefficient (Wildman–Crippen LogP) is 1.84. The summed E-state index contributed by atoms with van der Waals surface area (Å²) in [5, 5.41) is 0.303. The number of rotatable bonds is 2. The molecule has 0 saturated heterocycles. The zero-order valence-electron chi connectivity index (χ0n) is 8.41. The second kappa shape index (κ2) is 4.10. The number of ether oxygens (including phenoxy) is 1. The Morgan fingerprint density at radius 1 is 1.53 bits per heavy atom. The van der Waals surface area contributed by atoms with Crippen molar-refractivity contribution in [2.75, 3.05) is 6.61 Å². The molecule has 5 heteroatoms. The van der Waals surface area contributed by atoms with E-state index in [1.54, 1.807) is 6.92 Å². The van der Waals surface area contributed by atoms with Gasteiger partial charge in [-0.25, -0.2) is 9.78 Å². The van der Waals surface area contributed by atoms with E-state index >= 15 is 0 Å². The fourth-order valence-corrected chi connectivity index (χ4v) is 2.56. The molecule has 0 unspecified atom stereocenters. The number of hydrogen-bond acceptors (Lipinski definition) is 5. The molecule has 0 spiro atoms. The van der Waals surface area contributed by atoms with Crippen molar-refractivity contribution in [1.82, 2.24) is 4.98 Å². The van der Waals surface area contributed by atoms with Gasteiger partial charge in [0.05, 0.1) is 6.61 Å². The standard InChI is InChI=1S/C10H11NO3S/c1-2-14-10(13)9-11-8-6(12)4-3-5-7(8)15-9/h2-5H2,1H3. The van der Waals surface area contributed by atoms with Crippen LogP contribution in [0.3, 0.4) is 0 Å². The van der Waals surface area contributed by atoms with E-state index in [2.05, 4.69) is 4.98 Å². The molecule has 15 heavy (non-hydrogen) atoms. The van der Waals surface area contributed by atoms with E-state index in [4.69, 9.17) is 4.74 Å². The van der Waals surface area contributed by atoms with Crippen LogP contribution >= 0.6 is 11.3 Å². The lowest BCUT2D eigenvalue weighted by Crippen LogP contribution is -2.09. The molecule has 0 saturated carbocycles. The maximum atomic E-state index is 11.5. The molecule has 0 atom stereocenters. The molecule has 0 N–H and O–H groups in total. The molecule has 1 aromatic heterocycles. The predicted molar refractivity (Wildman–Crippen MR) is 55.3 cm³/mol. The minimum atomic E-state index is -0.426. The largest absolute Gasteiger partial charge is 0.461 e. The summed E-state index contributed by atoms with van der Waals surface area (Å²) < 4.78 is 4.84. The van der Waals surface area contributed by atoms with Crippen molar-refractivity contribution >= 4 is 23.1 Å². The number of fused-ring (bicyclic) bond motifs is 1. The van der Waals surface area contributed by atoms with Crippen molar-refractivity contribution in [2.45, 2.75) is 26.2 Å². The number of esters is 1. The fourth-order valence-electron chi connectivity index (χ4n) is 1.55. The molecule has 0 amide bonds. The molecule has 1 aromatic rings. The Labute approximate surface area is 91.3 Å². The highest BCUT2D eigenvalue weighted by Gasteiger charge is 2.24. The summed E-state index contributed by atoms with van der Waals surface area (Å²) in [6.07, 6.45) is 2.24. The highest BCUT2D eigenvalue weighted by Crippen LogP contribution is 2.26. The van der Waals surface area contributed by atoms with Gasteiger partial charge in [0, 0.05) is 11.3 Å². The molecule has 0 aromatic carbocycles. The van der Waals surface area contributed by atoms with Gasteiger partial charge in [0.1, 0.15) is 5.69 Å². The van der Waals surface area contributed by atoms with E-state index in [9.17, 15) is 9.59 Å². The van der Waals surface area contributed by atoms with E-state index < -0.39 is 5.97 Å². The van der Waals surface area contributed by atoms with Gasteiger partial charge >= 0.3 is 5.97 Å². The molecule has 1 aliphatic carbocycles. The van der Waals surface area contributed by atoms with Crippen molar-refractivity contribution in [2.24, 2.45) is 0 Å². The van der Waals surface area contributed by atoms with Gasteiger partial charge in [-0.2, -0.15) is 0 Å². The summed E-state index contributed by atoms with van der Waals surface area (Å²) >= 11 is 1.28. The third-order valence-electron chi connectivity index (χ3n) is 2.22. The molecule has 0 radical (unpaired) electrons. The van der Waals surface area contributed by atoms with Crippen LogP contribution in [0.15, 0.2) is 0 Å². The van der Waals surface area contributed by atoms with E-state index in [-0.39, 0.29) is 5.78 Å². The summed E-state index contributed by atoms with van der Waals surface area (Å²) in [5.41, 5.74) is 0.481. The zero-order valence-corrected chi connectivity index (χ0v) is 9.23. The number of hydrogen-bond donors (Lipinski definition) is 0. The molecule has 4 nitrogen and oxygen atoms in total. The van der Waals surface area contributed by atoms with Gasteiger partial charge in [-0.05, 0) is 19.8 Å². The van der Waals surface area contributed by atoms with Crippen LogP contribution in [-0.4, -0.2) is 23.3 Å². The number of carbonyl (C=O) groups excluding carboxylic acids is 2. The maximum absolute atomic E-state index is 11.5. The van der Waals surface area contributed by atoms with Crippen molar-refractivity contribution in [3.8, 4) is 0 Å². The van der Waals surface area contributed by atoms with Crippen molar-refractivity contribution < 1.29 is 14.3 Å². The molecule has 0 aliphatic heterocycles. The van der Waals surface area contributed by atoms with E-state index in [1.807, 2.05) is 0 Å². The highest BCUT2D eigenvalue weighted by molar-refractivity contribution is 7.13. The van der Waals surface area contributed by atoms with Crippen LogP contribution in [0.1, 0.15) is 44.9 Å². The number of Topliss-reactive ketones (excluding diaryl/α,β-unsaturated/α-hetero) is 1. The first-order valence-corrected chi connectivity index (χ1v) is 5.74. The maximum Gasteiger partial charge on any atom is 0.367 e. The quantitative estimate of drug-likeness (QED) is 0.721. The molecule has 0 bridgehead atoms. The Morgan fingerprint density at radius 3 is 3.00 bits per heavy atom. The number of thiazole rings is 1. The average Bonchev–Trinajstić information content (AvgIpc) is 2.63. The molecule has 0 fully saturated rings. The Bertz CT molecular complexity index is 411. The van der Waals surface area contributed by atoms with E-state index in [0.29, 0.717) is 23.7 Å². The van der Waals surface area contributed by atoms with E-state index in [0.717, 1.165) is 17.7 Å². The number of aryl methyl sites for hydroxylation is 1. The zero-order chi connectivity index (χ0) is 10.8. The van der Waals surface area contributed by atoms with Gasteiger partial charge < -0.3 is 4.74 Å². The molecule has 1 heterocycles. The first kappa shape index (κ1) is 10.3. The summed E-state index contributed by atoms with van der Waals surface area (Å²) in [6, 6.07) is 0. The van der Waals surface area contributed by atoms with Crippen molar-refractivity contribution in [1.29, 1.82) is 0 Å². The van der Waals surface area contributed by atoms with Crippen LogP contribution in [0.4, 0.5) is 0 Å². The van der Waals surface area contributed by atoms with Crippen molar-refractivity contribution in [3.05, 3.63) is 15.6 Å². The third-order valence-corrected chi connectivity index (χ3v) is 3.31.